The number of benzene rings is 2. The molecule has 0 spiro atoms. The number of hydrogen-bond donors (Lipinski definition) is 2. The fourth-order valence-electron chi connectivity index (χ4n) is 3.91. The van der Waals surface area contributed by atoms with Gasteiger partial charge in [0.1, 0.15) is 27.8 Å². The predicted molar refractivity (Wildman–Crippen MR) is 150 cm³/mol. The van der Waals surface area contributed by atoms with Crippen molar-refractivity contribution >= 4 is 21.8 Å². The van der Waals surface area contributed by atoms with Crippen molar-refractivity contribution in [3.63, 3.8) is 0 Å². The number of alkyl carbamates (subject to hydrolysis) is 1. The van der Waals surface area contributed by atoms with Crippen LogP contribution in [0.25, 0.3) is 16.9 Å². The van der Waals surface area contributed by atoms with E-state index < -0.39 is 67.7 Å². The topological polar surface area (TPSA) is 115 Å². The fraction of sp³-hybridized carbons (Fsp3) is 0.276. The molecule has 17 heteroatoms. The van der Waals surface area contributed by atoms with Crippen molar-refractivity contribution in [2.24, 2.45) is 0 Å². The van der Waals surface area contributed by atoms with Crippen LogP contribution in [0.5, 0.6) is 0 Å². The Morgan fingerprint density at radius 3 is 2.24 bits per heavy atom. The van der Waals surface area contributed by atoms with Crippen LogP contribution >= 0.6 is 0 Å². The third kappa shape index (κ3) is 8.12. The number of aromatic nitrogens is 3. The first-order valence-electron chi connectivity index (χ1n) is 13.2. The molecule has 0 aliphatic rings. The zero-order valence-electron chi connectivity index (χ0n) is 24.1. The highest BCUT2D eigenvalue weighted by molar-refractivity contribution is 7.89. The number of sulfonamides is 1. The predicted octanol–water partition coefficient (Wildman–Crippen LogP) is 5.83. The fourth-order valence-corrected chi connectivity index (χ4v) is 5.03. The summed E-state index contributed by atoms with van der Waals surface area (Å²) in [4.78, 5) is 15.0. The first-order valence-corrected chi connectivity index (χ1v) is 14.7. The Hall–Kier alpha value is -4.69. The van der Waals surface area contributed by atoms with Gasteiger partial charge in [-0.15, -0.1) is 0 Å². The first-order chi connectivity index (χ1) is 21.4. The Bertz CT molecular complexity index is 1940. The van der Waals surface area contributed by atoms with Gasteiger partial charge in [-0.1, -0.05) is 24.0 Å². The number of carbonyl (C=O) groups excluding carboxylic acids is 1. The van der Waals surface area contributed by atoms with E-state index in [4.69, 9.17) is 4.74 Å². The molecule has 2 heterocycles. The average molecular weight is 672 g/mol. The Balaban J connectivity index is 1.63. The Morgan fingerprint density at radius 2 is 1.63 bits per heavy atom. The third-order valence-electron chi connectivity index (χ3n) is 5.96. The van der Waals surface area contributed by atoms with Crippen molar-refractivity contribution in [1.82, 2.24) is 24.6 Å². The molecule has 9 nitrogen and oxygen atoms in total. The normalized spacial score (nSPS) is 12.2. The molecule has 4 aromatic rings. The van der Waals surface area contributed by atoms with E-state index in [1.807, 2.05) is 0 Å². The number of nitrogens with zero attached hydrogens (tertiary/aromatic N) is 3. The van der Waals surface area contributed by atoms with Crippen molar-refractivity contribution in [3.05, 3.63) is 82.7 Å². The van der Waals surface area contributed by atoms with Gasteiger partial charge in [0.15, 0.2) is 5.65 Å². The summed E-state index contributed by atoms with van der Waals surface area (Å²) in [5, 5.41) is 6.14. The standard InChI is InChI=1S/C29H24F7N5O4S/c1-28(2,3)45-27(42)37-10-11-39-46(43,44)24-12-17(20(30)13-21(24)31)4-5-18-15-38-41-23(25(32)33)14-22(40-26(18)41)16-6-8-19(9-7-16)29(34,35)36/h6-9,12-15,25,39H,10-11H2,1-3H3,(H,37,42). The number of hydrogen-bond acceptors (Lipinski definition) is 6. The number of carbonyl (C=O) groups is 1. The summed E-state index contributed by atoms with van der Waals surface area (Å²) in [6, 6.07) is 5.48. The van der Waals surface area contributed by atoms with Crippen LogP contribution in [0.3, 0.4) is 0 Å². The van der Waals surface area contributed by atoms with E-state index in [0.29, 0.717) is 12.1 Å². The molecule has 0 saturated carbocycles. The van der Waals surface area contributed by atoms with Crippen LogP contribution in [-0.2, 0) is 20.9 Å². The van der Waals surface area contributed by atoms with Gasteiger partial charge in [-0.3, -0.25) is 0 Å². The molecule has 0 aliphatic carbocycles. The molecule has 0 radical (unpaired) electrons. The van der Waals surface area contributed by atoms with Gasteiger partial charge in [0, 0.05) is 24.7 Å². The first kappa shape index (κ1) is 34.2. The van der Waals surface area contributed by atoms with Crippen LogP contribution in [0.15, 0.2) is 53.6 Å². The molecule has 2 aromatic heterocycles. The van der Waals surface area contributed by atoms with E-state index >= 15 is 0 Å². The van der Waals surface area contributed by atoms with Crippen molar-refractivity contribution in [1.29, 1.82) is 0 Å². The molecule has 2 N–H and O–H groups in total. The average Bonchev–Trinajstić information content (AvgIpc) is 3.35. The van der Waals surface area contributed by atoms with Gasteiger partial charge in [-0.2, -0.15) is 18.3 Å². The van der Waals surface area contributed by atoms with Crippen LogP contribution < -0.4 is 10.0 Å². The van der Waals surface area contributed by atoms with Crippen molar-refractivity contribution < 1.29 is 48.7 Å². The van der Waals surface area contributed by atoms with Crippen LogP contribution in [0.2, 0.25) is 0 Å². The quantitative estimate of drug-likeness (QED) is 0.145. The molecule has 244 valence electrons. The van der Waals surface area contributed by atoms with E-state index in [1.165, 1.54) is 0 Å². The highest BCUT2D eigenvalue weighted by Gasteiger charge is 2.30. The van der Waals surface area contributed by atoms with Crippen molar-refractivity contribution in [3.8, 4) is 23.1 Å². The number of fused-ring (bicyclic) bond motifs is 1. The molecule has 4 rings (SSSR count). The van der Waals surface area contributed by atoms with Gasteiger partial charge in [-0.05, 0) is 45.0 Å². The molecular weight excluding hydrogens is 647 g/mol. The summed E-state index contributed by atoms with van der Waals surface area (Å²) in [7, 11) is -4.57. The second-order valence-corrected chi connectivity index (χ2v) is 12.3. The van der Waals surface area contributed by atoms with E-state index in [0.717, 1.165) is 41.0 Å². The molecule has 0 aliphatic heterocycles. The van der Waals surface area contributed by atoms with Gasteiger partial charge < -0.3 is 10.1 Å². The molecule has 0 bridgehead atoms. The van der Waals surface area contributed by atoms with Gasteiger partial charge in [0.2, 0.25) is 10.0 Å². The lowest BCUT2D eigenvalue weighted by molar-refractivity contribution is -0.137. The molecule has 0 saturated heterocycles. The minimum Gasteiger partial charge on any atom is -0.444 e. The molecule has 46 heavy (non-hydrogen) atoms. The number of rotatable bonds is 7. The van der Waals surface area contributed by atoms with E-state index in [1.54, 1.807) is 20.8 Å². The Morgan fingerprint density at radius 1 is 0.978 bits per heavy atom. The van der Waals surface area contributed by atoms with Crippen LogP contribution in [0.4, 0.5) is 35.5 Å². The van der Waals surface area contributed by atoms with Crippen molar-refractivity contribution in [2.75, 3.05) is 13.1 Å². The summed E-state index contributed by atoms with van der Waals surface area (Å²) >= 11 is 0. The molecule has 0 fully saturated rings. The monoisotopic (exact) mass is 671 g/mol. The third-order valence-corrected chi connectivity index (χ3v) is 7.44. The maximum Gasteiger partial charge on any atom is 0.416 e. The maximum atomic E-state index is 14.6. The number of halogens is 7. The van der Waals surface area contributed by atoms with Crippen LogP contribution in [0.1, 0.15) is 49.6 Å². The summed E-state index contributed by atoms with van der Waals surface area (Å²) in [6.07, 6.45) is -7.50. The maximum absolute atomic E-state index is 14.6. The Kier molecular flexibility index (Phi) is 9.64. The largest absolute Gasteiger partial charge is 0.444 e. The van der Waals surface area contributed by atoms with Crippen LogP contribution in [-0.4, -0.2) is 47.8 Å². The number of alkyl halides is 5. The minimum atomic E-state index is -4.62. The lowest BCUT2D eigenvalue weighted by atomic mass is 10.1. The Labute approximate surface area is 257 Å². The lowest BCUT2D eigenvalue weighted by Gasteiger charge is -2.19. The minimum absolute atomic E-state index is 0.0748. The SMILES string of the molecule is CC(C)(C)OC(=O)NCCNS(=O)(=O)c1cc(C#Cc2cnn3c(C(F)F)cc(-c4ccc(C(F)(F)F)cc4)nc23)c(F)cc1F. The highest BCUT2D eigenvalue weighted by atomic mass is 32.2. The zero-order valence-corrected chi connectivity index (χ0v) is 25.0. The van der Waals surface area contributed by atoms with Crippen LogP contribution in [0, 0.1) is 23.5 Å². The van der Waals surface area contributed by atoms with Gasteiger partial charge >= 0.3 is 12.3 Å². The molecule has 1 amide bonds. The van der Waals surface area contributed by atoms with Gasteiger partial charge in [0.25, 0.3) is 6.43 Å². The summed E-state index contributed by atoms with van der Waals surface area (Å²) in [5.74, 6) is 2.10. The molecular formula is C29H24F7N5O4S. The second kappa shape index (κ2) is 13.0. The van der Waals surface area contributed by atoms with Gasteiger partial charge in [-0.25, -0.2) is 45.0 Å². The zero-order chi connectivity index (χ0) is 34.0. The lowest BCUT2D eigenvalue weighted by Crippen LogP contribution is -2.38. The summed E-state index contributed by atoms with van der Waals surface area (Å²) in [6.45, 7) is 4.28. The van der Waals surface area contributed by atoms with Crippen molar-refractivity contribution in [2.45, 2.75) is 43.9 Å². The number of amides is 1. The highest BCUT2D eigenvalue weighted by Crippen LogP contribution is 2.32. The summed E-state index contributed by atoms with van der Waals surface area (Å²) < 4.78 is 129. The second-order valence-electron chi connectivity index (χ2n) is 10.6. The van der Waals surface area contributed by atoms with E-state index in [9.17, 15) is 43.9 Å². The van der Waals surface area contributed by atoms with E-state index in [2.05, 4.69) is 32.0 Å². The summed E-state index contributed by atoms with van der Waals surface area (Å²) in [5.41, 5.74) is -3.44. The van der Waals surface area contributed by atoms with E-state index in [-0.39, 0.29) is 35.6 Å². The smallest absolute Gasteiger partial charge is 0.416 e. The van der Waals surface area contributed by atoms with Gasteiger partial charge in [0.05, 0.1) is 28.6 Å². The molecule has 2 aromatic carbocycles. The molecule has 0 atom stereocenters. The molecule has 0 unspecified atom stereocenters. The number of ether oxygens (including phenoxy) is 1. The number of nitrogens with one attached hydrogen (secondary N) is 2.